The third-order valence-electron chi connectivity index (χ3n) is 4.60. The van der Waals surface area contributed by atoms with Crippen LogP contribution in [0.1, 0.15) is 32.7 Å². The lowest BCUT2D eigenvalue weighted by molar-refractivity contribution is 0.102. The SMILES string of the molecule is Cc1cc(C)c(CNS(=O)(=O)c2ccc(NC(=O)c3ccccn3)cc2)c(C)c1. The van der Waals surface area contributed by atoms with Crippen molar-refractivity contribution in [3.05, 3.63) is 88.7 Å². The summed E-state index contributed by atoms with van der Waals surface area (Å²) in [5.41, 5.74) is 5.00. The minimum Gasteiger partial charge on any atom is -0.321 e. The molecule has 0 radical (unpaired) electrons. The van der Waals surface area contributed by atoms with Crippen molar-refractivity contribution in [2.75, 3.05) is 5.32 Å². The van der Waals surface area contributed by atoms with Crippen molar-refractivity contribution < 1.29 is 13.2 Å². The van der Waals surface area contributed by atoms with Crippen molar-refractivity contribution in [2.45, 2.75) is 32.2 Å². The van der Waals surface area contributed by atoms with Crippen molar-refractivity contribution in [2.24, 2.45) is 0 Å². The molecule has 2 N–H and O–H groups in total. The second-order valence-electron chi connectivity index (χ2n) is 6.90. The van der Waals surface area contributed by atoms with E-state index >= 15 is 0 Å². The lowest BCUT2D eigenvalue weighted by atomic mass is 10.0. The van der Waals surface area contributed by atoms with Gasteiger partial charge in [0.15, 0.2) is 0 Å². The molecule has 0 bridgehead atoms. The summed E-state index contributed by atoms with van der Waals surface area (Å²) in [5, 5.41) is 2.70. The highest BCUT2D eigenvalue weighted by Crippen LogP contribution is 2.19. The van der Waals surface area contributed by atoms with Gasteiger partial charge in [0.05, 0.1) is 4.90 Å². The van der Waals surface area contributed by atoms with Crippen LogP contribution in [0.2, 0.25) is 0 Å². The van der Waals surface area contributed by atoms with Crippen LogP contribution < -0.4 is 10.0 Å². The van der Waals surface area contributed by atoms with Crippen LogP contribution in [0.4, 0.5) is 5.69 Å². The summed E-state index contributed by atoms with van der Waals surface area (Å²) < 4.78 is 27.9. The second-order valence-corrected chi connectivity index (χ2v) is 8.66. The number of aromatic nitrogens is 1. The number of carbonyl (C=O) groups is 1. The van der Waals surface area contributed by atoms with E-state index in [9.17, 15) is 13.2 Å². The highest BCUT2D eigenvalue weighted by molar-refractivity contribution is 7.89. The monoisotopic (exact) mass is 409 g/mol. The summed E-state index contributed by atoms with van der Waals surface area (Å²) in [7, 11) is -3.67. The molecule has 0 spiro atoms. The molecule has 1 heterocycles. The largest absolute Gasteiger partial charge is 0.321 e. The van der Waals surface area contributed by atoms with Crippen LogP contribution in [0, 0.1) is 20.8 Å². The maximum atomic E-state index is 12.6. The van der Waals surface area contributed by atoms with Crippen LogP contribution in [0.15, 0.2) is 65.7 Å². The number of pyridine rings is 1. The van der Waals surface area contributed by atoms with E-state index in [-0.39, 0.29) is 23.0 Å². The summed E-state index contributed by atoms with van der Waals surface area (Å²) in [5.74, 6) is -0.357. The van der Waals surface area contributed by atoms with Crippen LogP contribution in [0.25, 0.3) is 0 Å². The maximum Gasteiger partial charge on any atom is 0.274 e. The topological polar surface area (TPSA) is 88.2 Å². The molecule has 0 aliphatic rings. The Morgan fingerprint density at radius 2 is 1.62 bits per heavy atom. The lowest BCUT2D eigenvalue weighted by Gasteiger charge is -2.13. The third-order valence-corrected chi connectivity index (χ3v) is 6.02. The van der Waals surface area contributed by atoms with Gasteiger partial charge in [0.2, 0.25) is 10.0 Å². The summed E-state index contributed by atoms with van der Waals surface area (Å²) in [6, 6.07) is 15.2. The van der Waals surface area contributed by atoms with E-state index in [1.54, 1.807) is 30.3 Å². The molecule has 6 nitrogen and oxygen atoms in total. The molecule has 1 amide bonds. The van der Waals surface area contributed by atoms with Crippen LogP contribution in [-0.2, 0) is 16.6 Å². The van der Waals surface area contributed by atoms with Gasteiger partial charge in [-0.25, -0.2) is 13.1 Å². The molecule has 3 rings (SSSR count). The van der Waals surface area contributed by atoms with Gasteiger partial charge in [0, 0.05) is 18.4 Å². The third kappa shape index (κ3) is 5.07. The van der Waals surface area contributed by atoms with Gasteiger partial charge >= 0.3 is 0 Å². The predicted octanol–water partition coefficient (Wildman–Crippen LogP) is 3.74. The van der Waals surface area contributed by atoms with E-state index in [4.69, 9.17) is 0 Å². The van der Waals surface area contributed by atoms with Gasteiger partial charge in [-0.05, 0) is 73.9 Å². The van der Waals surface area contributed by atoms with E-state index in [1.807, 2.05) is 32.9 Å². The number of aryl methyl sites for hydroxylation is 3. The zero-order valence-corrected chi connectivity index (χ0v) is 17.4. The Balaban J connectivity index is 1.69. The number of anilines is 1. The van der Waals surface area contributed by atoms with Crippen molar-refractivity contribution >= 4 is 21.6 Å². The Morgan fingerprint density at radius 1 is 0.966 bits per heavy atom. The minimum atomic E-state index is -3.67. The standard InChI is InChI=1S/C22H23N3O3S/c1-15-12-16(2)20(17(3)13-15)14-24-29(27,28)19-9-7-18(8-10-19)25-22(26)21-6-4-5-11-23-21/h4-13,24H,14H2,1-3H3,(H,25,26). The number of hydrogen-bond acceptors (Lipinski definition) is 4. The highest BCUT2D eigenvalue weighted by atomic mass is 32.2. The molecule has 0 saturated carbocycles. The number of rotatable bonds is 6. The van der Waals surface area contributed by atoms with E-state index in [0.29, 0.717) is 5.69 Å². The summed E-state index contributed by atoms with van der Waals surface area (Å²) >= 11 is 0. The molecule has 29 heavy (non-hydrogen) atoms. The second kappa shape index (κ2) is 8.55. The van der Waals surface area contributed by atoms with Gasteiger partial charge in [-0.1, -0.05) is 23.8 Å². The molecule has 0 aliphatic carbocycles. The van der Waals surface area contributed by atoms with Crippen LogP contribution in [0.3, 0.4) is 0 Å². The number of sulfonamides is 1. The van der Waals surface area contributed by atoms with Gasteiger partial charge in [-0.2, -0.15) is 0 Å². The normalized spacial score (nSPS) is 11.3. The molecular weight excluding hydrogens is 386 g/mol. The van der Waals surface area contributed by atoms with E-state index < -0.39 is 10.0 Å². The number of amides is 1. The fraction of sp³-hybridized carbons (Fsp3) is 0.182. The van der Waals surface area contributed by atoms with Gasteiger partial charge in [-0.15, -0.1) is 0 Å². The van der Waals surface area contributed by atoms with E-state index in [0.717, 1.165) is 22.3 Å². The molecule has 2 aromatic carbocycles. The van der Waals surface area contributed by atoms with Crippen LogP contribution in [-0.4, -0.2) is 19.3 Å². The molecule has 1 aromatic heterocycles. The molecule has 0 aliphatic heterocycles. The van der Waals surface area contributed by atoms with Crippen LogP contribution >= 0.6 is 0 Å². The van der Waals surface area contributed by atoms with Gasteiger partial charge in [0.25, 0.3) is 5.91 Å². The fourth-order valence-corrected chi connectivity index (χ4v) is 4.14. The molecule has 0 saturated heterocycles. The Bertz CT molecular complexity index is 1100. The Hall–Kier alpha value is -3.03. The molecular formula is C22H23N3O3S. The smallest absolute Gasteiger partial charge is 0.274 e. The summed E-state index contributed by atoms with van der Waals surface area (Å²) in [6.07, 6.45) is 1.54. The Labute approximate surface area is 171 Å². The zero-order valence-electron chi connectivity index (χ0n) is 16.6. The van der Waals surface area contributed by atoms with Gasteiger partial charge < -0.3 is 5.32 Å². The average Bonchev–Trinajstić information content (AvgIpc) is 2.68. The van der Waals surface area contributed by atoms with Crippen molar-refractivity contribution in [1.29, 1.82) is 0 Å². The summed E-state index contributed by atoms with van der Waals surface area (Å²) in [4.78, 5) is 16.3. The fourth-order valence-electron chi connectivity index (χ4n) is 3.15. The quantitative estimate of drug-likeness (QED) is 0.649. The Kier molecular flexibility index (Phi) is 6.10. The first-order chi connectivity index (χ1) is 13.8. The number of nitrogens with one attached hydrogen (secondary N) is 2. The highest BCUT2D eigenvalue weighted by Gasteiger charge is 2.16. The zero-order chi connectivity index (χ0) is 21.0. The van der Waals surface area contributed by atoms with Gasteiger partial charge in [-0.3, -0.25) is 9.78 Å². The minimum absolute atomic E-state index is 0.135. The predicted molar refractivity (Wildman–Crippen MR) is 113 cm³/mol. The first-order valence-corrected chi connectivity index (χ1v) is 10.6. The molecule has 0 atom stereocenters. The summed E-state index contributed by atoms with van der Waals surface area (Å²) in [6.45, 7) is 6.19. The van der Waals surface area contributed by atoms with Crippen LogP contribution in [0.5, 0.6) is 0 Å². The number of nitrogens with zero attached hydrogens (tertiary/aromatic N) is 1. The van der Waals surface area contributed by atoms with E-state index in [2.05, 4.69) is 15.0 Å². The molecule has 0 fully saturated rings. The average molecular weight is 410 g/mol. The number of hydrogen-bond donors (Lipinski definition) is 2. The number of carbonyl (C=O) groups excluding carboxylic acids is 1. The first-order valence-electron chi connectivity index (χ1n) is 9.15. The number of benzene rings is 2. The lowest BCUT2D eigenvalue weighted by Crippen LogP contribution is -2.24. The van der Waals surface area contributed by atoms with Crippen molar-refractivity contribution in [3.8, 4) is 0 Å². The maximum absolute atomic E-state index is 12.6. The van der Waals surface area contributed by atoms with Gasteiger partial charge in [0.1, 0.15) is 5.69 Å². The first kappa shape index (κ1) is 20.7. The van der Waals surface area contributed by atoms with Crippen molar-refractivity contribution in [1.82, 2.24) is 9.71 Å². The molecule has 150 valence electrons. The van der Waals surface area contributed by atoms with E-state index in [1.165, 1.54) is 18.3 Å². The molecule has 3 aromatic rings. The molecule has 0 unspecified atom stereocenters. The molecule has 7 heteroatoms. The Morgan fingerprint density at radius 3 is 2.21 bits per heavy atom. The van der Waals surface area contributed by atoms with Crippen molar-refractivity contribution in [3.63, 3.8) is 0 Å².